The van der Waals surface area contributed by atoms with Gasteiger partial charge in [0.2, 0.25) is 0 Å². The second-order valence-corrected chi connectivity index (χ2v) is 5.06. The molecule has 7 heteroatoms. The average Bonchev–Trinajstić information content (AvgIpc) is 2.44. The molecule has 114 valence electrons. The zero-order chi connectivity index (χ0) is 15.4. The number of carbonyl (C=O) groups excluding carboxylic acids is 1. The number of nitrogens with zero attached hydrogens (tertiary/aromatic N) is 2. The van der Waals surface area contributed by atoms with Crippen LogP contribution < -0.4 is 4.74 Å². The van der Waals surface area contributed by atoms with Crippen LogP contribution in [0.1, 0.15) is 17.3 Å². The fourth-order valence-electron chi connectivity index (χ4n) is 2.18. The van der Waals surface area contributed by atoms with Crippen LogP contribution in [0.4, 0.5) is 5.69 Å². The number of carbonyl (C=O) groups is 1. The van der Waals surface area contributed by atoms with Gasteiger partial charge in [0.15, 0.2) is 5.78 Å². The number of hydrogen-bond acceptors (Lipinski definition) is 6. The highest BCUT2D eigenvalue weighted by Crippen LogP contribution is 2.25. The van der Waals surface area contributed by atoms with E-state index in [1.807, 2.05) is 7.05 Å². The van der Waals surface area contributed by atoms with Crippen LogP contribution in [0, 0.1) is 10.1 Å². The monoisotopic (exact) mass is 294 g/mol. The van der Waals surface area contributed by atoms with Crippen molar-refractivity contribution in [2.45, 2.75) is 13.0 Å². The Hall–Kier alpha value is -1.99. The summed E-state index contributed by atoms with van der Waals surface area (Å²) >= 11 is 0. The molecule has 1 saturated heterocycles. The first-order chi connectivity index (χ1) is 9.97. The molecule has 0 aliphatic carbocycles. The molecule has 1 aromatic rings. The average molecular weight is 294 g/mol. The van der Waals surface area contributed by atoms with Crippen molar-refractivity contribution in [1.29, 1.82) is 0 Å². The summed E-state index contributed by atoms with van der Waals surface area (Å²) < 4.78 is 11.2. The lowest BCUT2D eigenvalue weighted by Gasteiger charge is -2.29. The Labute approximate surface area is 122 Å². The van der Waals surface area contributed by atoms with Crippen molar-refractivity contribution >= 4 is 11.5 Å². The number of nitro groups is 1. The van der Waals surface area contributed by atoms with Gasteiger partial charge in [-0.25, -0.2) is 0 Å². The number of benzene rings is 1. The minimum Gasteiger partial charge on any atom is -0.490 e. The molecule has 1 aliphatic rings. The van der Waals surface area contributed by atoms with E-state index < -0.39 is 4.92 Å². The van der Waals surface area contributed by atoms with Crippen LogP contribution in [-0.4, -0.2) is 55.1 Å². The summed E-state index contributed by atoms with van der Waals surface area (Å²) in [5.74, 6) is 0.0836. The molecule has 0 bridgehead atoms. The Morgan fingerprint density at radius 3 is 2.95 bits per heavy atom. The van der Waals surface area contributed by atoms with Crippen molar-refractivity contribution in [3.05, 3.63) is 33.9 Å². The van der Waals surface area contributed by atoms with E-state index in [1.54, 1.807) is 0 Å². The van der Waals surface area contributed by atoms with Gasteiger partial charge in [-0.1, -0.05) is 0 Å². The molecule has 0 N–H and O–H groups in total. The van der Waals surface area contributed by atoms with Crippen molar-refractivity contribution in [3.63, 3.8) is 0 Å². The predicted octanol–water partition coefficient (Wildman–Crippen LogP) is 1.51. The normalized spacial score (nSPS) is 19.2. The molecule has 0 radical (unpaired) electrons. The van der Waals surface area contributed by atoms with Gasteiger partial charge in [-0.15, -0.1) is 0 Å². The molecular formula is C14H18N2O5. The molecule has 0 spiro atoms. The third-order valence-corrected chi connectivity index (χ3v) is 3.32. The highest BCUT2D eigenvalue weighted by molar-refractivity contribution is 5.97. The number of Topliss-reactive ketones (excluding diaryl/α,β-unsaturated/α-hetero) is 1. The second-order valence-electron chi connectivity index (χ2n) is 5.06. The molecule has 7 nitrogen and oxygen atoms in total. The Balaban J connectivity index is 2.08. The van der Waals surface area contributed by atoms with Gasteiger partial charge in [-0.05, 0) is 20.0 Å². The Kier molecular flexibility index (Phi) is 4.87. The van der Waals surface area contributed by atoms with Gasteiger partial charge in [-0.2, -0.15) is 0 Å². The van der Waals surface area contributed by atoms with E-state index in [4.69, 9.17) is 9.47 Å². The first-order valence-electron chi connectivity index (χ1n) is 6.69. The molecular weight excluding hydrogens is 276 g/mol. The number of rotatable bonds is 5. The fraction of sp³-hybridized carbons (Fsp3) is 0.500. The Morgan fingerprint density at radius 2 is 2.33 bits per heavy atom. The maximum absolute atomic E-state index is 11.6. The number of ketones is 1. The van der Waals surface area contributed by atoms with E-state index in [0.717, 1.165) is 13.1 Å². The smallest absolute Gasteiger partial charge is 0.270 e. The highest BCUT2D eigenvalue weighted by atomic mass is 16.6. The molecule has 0 amide bonds. The van der Waals surface area contributed by atoms with Gasteiger partial charge in [0.25, 0.3) is 5.69 Å². The Bertz CT molecular complexity index is 546. The van der Waals surface area contributed by atoms with Gasteiger partial charge in [0.05, 0.1) is 17.1 Å². The summed E-state index contributed by atoms with van der Waals surface area (Å²) in [6.45, 7) is 3.94. The van der Waals surface area contributed by atoms with Gasteiger partial charge < -0.3 is 14.4 Å². The van der Waals surface area contributed by atoms with Crippen molar-refractivity contribution in [1.82, 2.24) is 4.90 Å². The standard InChI is InChI=1S/C14H18N2O5/c1-10(17)13-7-11(16(18)19)3-4-14(13)21-9-12-8-15(2)5-6-20-12/h3-4,7,12H,5-6,8-9H2,1-2H3. The summed E-state index contributed by atoms with van der Waals surface area (Å²) in [4.78, 5) is 24.0. The van der Waals surface area contributed by atoms with Crippen LogP contribution in [0.2, 0.25) is 0 Å². The number of non-ortho nitro benzene ring substituents is 1. The summed E-state index contributed by atoms with van der Waals surface area (Å²) in [6, 6.07) is 4.03. The molecule has 2 rings (SSSR count). The van der Waals surface area contributed by atoms with Crippen LogP contribution >= 0.6 is 0 Å². The van der Waals surface area contributed by atoms with Gasteiger partial charge in [-0.3, -0.25) is 14.9 Å². The Morgan fingerprint density at radius 1 is 1.57 bits per heavy atom. The molecule has 1 atom stereocenters. The third kappa shape index (κ3) is 3.99. The maximum Gasteiger partial charge on any atom is 0.270 e. The van der Waals surface area contributed by atoms with Crippen molar-refractivity contribution in [2.75, 3.05) is 33.4 Å². The molecule has 0 aromatic heterocycles. The largest absolute Gasteiger partial charge is 0.490 e. The number of likely N-dealkylation sites (N-methyl/N-ethyl adjacent to an activating group) is 1. The molecule has 1 heterocycles. The van der Waals surface area contributed by atoms with E-state index in [0.29, 0.717) is 19.0 Å². The van der Waals surface area contributed by atoms with Crippen LogP contribution in [-0.2, 0) is 4.74 Å². The van der Waals surface area contributed by atoms with E-state index in [1.165, 1.54) is 25.1 Å². The van der Waals surface area contributed by atoms with E-state index in [-0.39, 0.29) is 23.1 Å². The van der Waals surface area contributed by atoms with Crippen LogP contribution in [0.3, 0.4) is 0 Å². The number of ether oxygens (including phenoxy) is 2. The van der Waals surface area contributed by atoms with Gasteiger partial charge >= 0.3 is 0 Å². The zero-order valence-electron chi connectivity index (χ0n) is 12.1. The number of nitro benzene ring substituents is 1. The molecule has 1 fully saturated rings. The highest BCUT2D eigenvalue weighted by Gasteiger charge is 2.20. The lowest BCUT2D eigenvalue weighted by Crippen LogP contribution is -2.42. The zero-order valence-corrected chi connectivity index (χ0v) is 12.1. The summed E-state index contributed by atoms with van der Waals surface area (Å²) in [7, 11) is 2.00. The van der Waals surface area contributed by atoms with Crippen LogP contribution in [0.5, 0.6) is 5.75 Å². The minimum atomic E-state index is -0.532. The molecule has 1 unspecified atom stereocenters. The lowest BCUT2D eigenvalue weighted by molar-refractivity contribution is -0.384. The SMILES string of the molecule is CC(=O)c1cc([N+](=O)[O-])ccc1OCC1CN(C)CCO1. The fourth-order valence-corrected chi connectivity index (χ4v) is 2.18. The van der Waals surface area contributed by atoms with E-state index in [9.17, 15) is 14.9 Å². The quantitative estimate of drug-likeness (QED) is 0.465. The molecule has 21 heavy (non-hydrogen) atoms. The van der Waals surface area contributed by atoms with Crippen LogP contribution in [0.25, 0.3) is 0 Å². The third-order valence-electron chi connectivity index (χ3n) is 3.32. The van der Waals surface area contributed by atoms with Crippen molar-refractivity contribution in [3.8, 4) is 5.75 Å². The minimum absolute atomic E-state index is 0.0706. The first-order valence-corrected chi connectivity index (χ1v) is 6.69. The predicted molar refractivity (Wildman–Crippen MR) is 75.8 cm³/mol. The first kappa shape index (κ1) is 15.4. The summed E-state index contributed by atoms with van der Waals surface area (Å²) in [5, 5.41) is 10.8. The van der Waals surface area contributed by atoms with E-state index >= 15 is 0 Å². The molecule has 0 saturated carbocycles. The van der Waals surface area contributed by atoms with Gasteiger partial charge in [0.1, 0.15) is 18.5 Å². The lowest BCUT2D eigenvalue weighted by atomic mass is 10.1. The topological polar surface area (TPSA) is 81.9 Å². The maximum atomic E-state index is 11.6. The molecule has 1 aliphatic heterocycles. The van der Waals surface area contributed by atoms with Crippen molar-refractivity contribution in [2.24, 2.45) is 0 Å². The summed E-state index contributed by atoms with van der Waals surface area (Å²) in [6.07, 6.45) is -0.0706. The number of hydrogen-bond donors (Lipinski definition) is 0. The van der Waals surface area contributed by atoms with E-state index in [2.05, 4.69) is 4.90 Å². The van der Waals surface area contributed by atoms with Crippen LogP contribution in [0.15, 0.2) is 18.2 Å². The second kappa shape index (κ2) is 6.64. The molecule has 1 aromatic carbocycles. The number of morpholine rings is 1. The van der Waals surface area contributed by atoms with Gasteiger partial charge in [0, 0.05) is 25.2 Å². The van der Waals surface area contributed by atoms with Crippen molar-refractivity contribution < 1.29 is 19.2 Å². The summed E-state index contributed by atoms with van der Waals surface area (Å²) in [5.41, 5.74) is 0.0922.